The third-order valence-electron chi connectivity index (χ3n) is 3.67. The minimum absolute atomic E-state index is 0.192. The first-order chi connectivity index (χ1) is 11.1. The third-order valence-corrected chi connectivity index (χ3v) is 3.67. The Morgan fingerprint density at radius 3 is 2.70 bits per heavy atom. The molecule has 2 amide bonds. The fourth-order valence-corrected chi connectivity index (χ4v) is 2.54. The van der Waals surface area contributed by atoms with E-state index in [4.69, 9.17) is 4.74 Å². The lowest BCUT2D eigenvalue weighted by molar-refractivity contribution is 0.194. The van der Waals surface area contributed by atoms with Gasteiger partial charge < -0.3 is 20.7 Å². The van der Waals surface area contributed by atoms with E-state index in [-0.39, 0.29) is 18.5 Å². The average molecular weight is 321 g/mol. The monoisotopic (exact) mass is 321 g/mol. The van der Waals surface area contributed by atoms with Crippen molar-refractivity contribution in [1.29, 1.82) is 0 Å². The zero-order chi connectivity index (χ0) is 16.7. The maximum Gasteiger partial charge on any atom is 0.321 e. The maximum atomic E-state index is 12.1. The number of benzene rings is 1. The molecule has 2 rings (SSSR count). The number of hydrogen-bond acceptors (Lipinski definition) is 5. The summed E-state index contributed by atoms with van der Waals surface area (Å²) in [6, 6.07) is 7.27. The molecule has 0 aliphatic carbocycles. The van der Waals surface area contributed by atoms with E-state index in [1.165, 1.54) is 0 Å². The minimum atomic E-state index is -0.272. The molecule has 7 heteroatoms. The number of carbonyl (C=O) groups is 1. The number of hydrogen-bond donors (Lipinski definition) is 5. The van der Waals surface area contributed by atoms with Gasteiger partial charge in [0, 0.05) is 11.7 Å². The average Bonchev–Trinajstić information content (AvgIpc) is 2.53. The second kappa shape index (κ2) is 8.71. The number of methoxy groups -OCH3 is 1. The summed E-state index contributed by atoms with van der Waals surface area (Å²) in [5.74, 6) is 0.755. The van der Waals surface area contributed by atoms with Crippen molar-refractivity contribution >= 4 is 11.7 Å². The molecule has 1 aromatic rings. The predicted octanol–water partition coefficient (Wildman–Crippen LogP) is 1.40. The summed E-state index contributed by atoms with van der Waals surface area (Å²) in [5, 5.41) is 15.8. The van der Waals surface area contributed by atoms with Gasteiger partial charge in [0.1, 0.15) is 12.0 Å². The number of amides is 2. The third kappa shape index (κ3) is 5.70. The Balaban J connectivity index is 1.83. The van der Waals surface area contributed by atoms with Gasteiger partial charge in [0.05, 0.1) is 13.3 Å². The van der Waals surface area contributed by atoms with Crippen LogP contribution in [0.4, 0.5) is 10.5 Å². The number of rotatable bonds is 6. The van der Waals surface area contributed by atoms with Gasteiger partial charge in [0.2, 0.25) is 0 Å². The van der Waals surface area contributed by atoms with Crippen molar-refractivity contribution in [1.82, 2.24) is 21.3 Å². The topological polar surface area (TPSA) is 86.5 Å². The molecule has 1 saturated heterocycles. The summed E-state index contributed by atoms with van der Waals surface area (Å²) in [7, 11) is 1.61. The van der Waals surface area contributed by atoms with Crippen LogP contribution in [-0.4, -0.2) is 38.2 Å². The van der Waals surface area contributed by atoms with Gasteiger partial charge in [0.25, 0.3) is 0 Å². The van der Waals surface area contributed by atoms with Crippen molar-refractivity contribution < 1.29 is 9.53 Å². The maximum absolute atomic E-state index is 12.1. The fourth-order valence-electron chi connectivity index (χ4n) is 2.54. The molecule has 1 aliphatic heterocycles. The molecular formula is C16H27N5O2. The molecule has 3 unspecified atom stereocenters. The van der Waals surface area contributed by atoms with E-state index in [9.17, 15) is 4.79 Å². The van der Waals surface area contributed by atoms with Crippen LogP contribution in [0.15, 0.2) is 24.3 Å². The van der Waals surface area contributed by atoms with Gasteiger partial charge in [-0.05, 0) is 50.6 Å². The Labute approximate surface area is 137 Å². The van der Waals surface area contributed by atoms with E-state index in [1.807, 2.05) is 0 Å². The highest BCUT2D eigenvalue weighted by atomic mass is 16.5. The van der Waals surface area contributed by atoms with E-state index in [0.29, 0.717) is 11.7 Å². The Morgan fingerprint density at radius 2 is 2.04 bits per heavy atom. The first kappa shape index (κ1) is 17.5. The molecule has 1 heterocycles. The van der Waals surface area contributed by atoms with E-state index in [1.54, 1.807) is 31.4 Å². The van der Waals surface area contributed by atoms with Crippen molar-refractivity contribution in [3.05, 3.63) is 24.3 Å². The highest BCUT2D eigenvalue weighted by molar-refractivity contribution is 5.89. The van der Waals surface area contributed by atoms with Gasteiger partial charge in [-0.1, -0.05) is 6.92 Å². The molecule has 0 saturated carbocycles. The van der Waals surface area contributed by atoms with E-state index < -0.39 is 0 Å². The van der Waals surface area contributed by atoms with Crippen molar-refractivity contribution in [2.75, 3.05) is 19.0 Å². The first-order valence-corrected chi connectivity index (χ1v) is 8.07. The lowest BCUT2D eigenvalue weighted by Gasteiger charge is -2.36. The fraction of sp³-hybridized carbons (Fsp3) is 0.562. The number of nitrogens with one attached hydrogen (secondary N) is 5. The van der Waals surface area contributed by atoms with E-state index in [0.717, 1.165) is 25.1 Å². The quantitative estimate of drug-likeness (QED) is 0.547. The Hall–Kier alpha value is -1.83. The van der Waals surface area contributed by atoms with Gasteiger partial charge >= 0.3 is 6.03 Å². The zero-order valence-electron chi connectivity index (χ0n) is 14.0. The SMILES string of the molecule is CCCNC1CC(C)NC(NC(=O)Nc2ccc(OC)cc2)N1. The first-order valence-electron chi connectivity index (χ1n) is 8.07. The highest BCUT2D eigenvalue weighted by Gasteiger charge is 2.25. The standard InChI is InChI=1S/C16H27N5O2/c1-4-9-17-14-10-11(2)18-15(20-14)21-16(22)19-12-5-7-13(23-3)8-6-12/h5-8,11,14-15,17-18,20H,4,9-10H2,1-3H3,(H2,19,21,22). The van der Waals surface area contributed by atoms with Crippen LogP contribution in [0.1, 0.15) is 26.7 Å². The molecule has 0 bridgehead atoms. The summed E-state index contributed by atoms with van der Waals surface area (Å²) in [5.41, 5.74) is 0.716. The number of urea groups is 1. The molecule has 0 spiro atoms. The molecule has 0 aromatic heterocycles. The second-order valence-corrected chi connectivity index (χ2v) is 5.74. The molecule has 1 aliphatic rings. The minimum Gasteiger partial charge on any atom is -0.497 e. The van der Waals surface area contributed by atoms with Crippen molar-refractivity contribution in [3.63, 3.8) is 0 Å². The molecule has 7 nitrogen and oxygen atoms in total. The Morgan fingerprint density at radius 1 is 1.30 bits per heavy atom. The Kier molecular flexibility index (Phi) is 6.64. The molecule has 5 N–H and O–H groups in total. The second-order valence-electron chi connectivity index (χ2n) is 5.74. The molecule has 3 atom stereocenters. The molecule has 1 aromatic carbocycles. The lowest BCUT2D eigenvalue weighted by atomic mass is 10.1. The smallest absolute Gasteiger partial charge is 0.321 e. The van der Waals surface area contributed by atoms with Crippen LogP contribution in [0.25, 0.3) is 0 Å². The van der Waals surface area contributed by atoms with Crippen LogP contribution in [0.5, 0.6) is 5.75 Å². The van der Waals surface area contributed by atoms with Crippen LogP contribution in [0.3, 0.4) is 0 Å². The van der Waals surface area contributed by atoms with Crippen molar-refractivity contribution in [2.24, 2.45) is 0 Å². The number of ether oxygens (including phenoxy) is 1. The number of carbonyl (C=O) groups excluding carboxylic acids is 1. The molecule has 1 fully saturated rings. The Bertz CT molecular complexity index is 494. The summed E-state index contributed by atoms with van der Waals surface area (Å²) >= 11 is 0. The van der Waals surface area contributed by atoms with Crippen molar-refractivity contribution in [3.8, 4) is 5.75 Å². The summed E-state index contributed by atoms with van der Waals surface area (Å²) in [6.07, 6.45) is 1.97. The van der Waals surface area contributed by atoms with Gasteiger partial charge in [-0.15, -0.1) is 0 Å². The van der Waals surface area contributed by atoms with E-state index in [2.05, 4.69) is 40.4 Å². The predicted molar refractivity (Wildman–Crippen MR) is 91.4 cm³/mol. The van der Waals surface area contributed by atoms with Gasteiger partial charge in [-0.2, -0.15) is 0 Å². The van der Waals surface area contributed by atoms with Gasteiger partial charge in [0.15, 0.2) is 0 Å². The molecular weight excluding hydrogens is 294 g/mol. The highest BCUT2D eigenvalue weighted by Crippen LogP contribution is 2.14. The largest absolute Gasteiger partial charge is 0.497 e. The van der Waals surface area contributed by atoms with Gasteiger partial charge in [-0.3, -0.25) is 10.6 Å². The number of anilines is 1. The van der Waals surface area contributed by atoms with Crippen LogP contribution in [-0.2, 0) is 0 Å². The van der Waals surface area contributed by atoms with E-state index >= 15 is 0 Å². The summed E-state index contributed by atoms with van der Waals surface area (Å²) in [4.78, 5) is 12.1. The van der Waals surface area contributed by atoms with Crippen LogP contribution < -0.4 is 31.3 Å². The lowest BCUT2D eigenvalue weighted by Crippen LogP contribution is -2.67. The molecule has 23 heavy (non-hydrogen) atoms. The summed E-state index contributed by atoms with van der Waals surface area (Å²) in [6.45, 7) is 5.20. The van der Waals surface area contributed by atoms with Crippen molar-refractivity contribution in [2.45, 2.75) is 45.2 Å². The summed E-state index contributed by atoms with van der Waals surface area (Å²) < 4.78 is 5.10. The van der Waals surface area contributed by atoms with Crippen LogP contribution >= 0.6 is 0 Å². The van der Waals surface area contributed by atoms with Gasteiger partial charge in [-0.25, -0.2) is 4.79 Å². The van der Waals surface area contributed by atoms with Crippen LogP contribution in [0, 0.1) is 0 Å². The zero-order valence-corrected chi connectivity index (χ0v) is 14.0. The normalized spacial score (nSPS) is 24.0. The molecule has 0 radical (unpaired) electrons. The van der Waals surface area contributed by atoms with Crippen LogP contribution in [0.2, 0.25) is 0 Å². The molecule has 128 valence electrons.